The molecule has 1 heterocycles. The summed E-state index contributed by atoms with van der Waals surface area (Å²) in [5.74, 6) is 2.41. The van der Waals surface area contributed by atoms with Gasteiger partial charge >= 0.3 is 0 Å². The van der Waals surface area contributed by atoms with Crippen LogP contribution in [0, 0.1) is 6.92 Å². The maximum absolute atomic E-state index is 5.28. The van der Waals surface area contributed by atoms with Crippen molar-refractivity contribution in [2.24, 2.45) is 0 Å². The van der Waals surface area contributed by atoms with E-state index in [9.17, 15) is 0 Å². The first-order valence-corrected chi connectivity index (χ1v) is 9.73. The molecule has 0 saturated carbocycles. The van der Waals surface area contributed by atoms with Gasteiger partial charge in [-0.3, -0.25) is 0 Å². The summed E-state index contributed by atoms with van der Waals surface area (Å²) in [7, 11) is 1.69. The van der Waals surface area contributed by atoms with Gasteiger partial charge in [-0.25, -0.2) is 4.98 Å². The second kappa shape index (κ2) is 10.3. The number of hydrogen-bond donors (Lipinski definition) is 2. The van der Waals surface area contributed by atoms with E-state index in [0.29, 0.717) is 5.95 Å². The number of methoxy groups -OCH3 is 1. The second-order valence-electron chi connectivity index (χ2n) is 6.76. The van der Waals surface area contributed by atoms with Crippen LogP contribution in [-0.2, 0) is 12.8 Å². The summed E-state index contributed by atoms with van der Waals surface area (Å²) >= 11 is 0. The fourth-order valence-electron chi connectivity index (χ4n) is 3.04. The minimum Gasteiger partial charge on any atom is -0.497 e. The predicted octanol–water partition coefficient (Wildman–Crippen LogP) is 4.49. The number of nitrogens with zero attached hydrogens (tertiary/aromatic N) is 2. The first kappa shape index (κ1) is 19.7. The molecule has 2 N–H and O–H groups in total. The van der Waals surface area contributed by atoms with Crippen molar-refractivity contribution in [2.75, 3.05) is 30.8 Å². The lowest BCUT2D eigenvalue weighted by molar-refractivity contribution is 0.414. The Bertz CT molecular complexity index is 867. The van der Waals surface area contributed by atoms with Crippen LogP contribution < -0.4 is 15.4 Å². The highest BCUT2D eigenvalue weighted by Gasteiger charge is 2.03. The lowest BCUT2D eigenvalue weighted by Gasteiger charge is -2.10. The Morgan fingerprint density at radius 3 is 2.46 bits per heavy atom. The van der Waals surface area contributed by atoms with Crippen molar-refractivity contribution in [2.45, 2.75) is 26.2 Å². The van der Waals surface area contributed by atoms with Crippen LogP contribution in [0.15, 0.2) is 60.7 Å². The molecule has 5 nitrogen and oxygen atoms in total. The van der Waals surface area contributed by atoms with Crippen LogP contribution in [0.25, 0.3) is 0 Å². The molecule has 0 aliphatic carbocycles. The largest absolute Gasteiger partial charge is 0.497 e. The zero-order valence-corrected chi connectivity index (χ0v) is 16.6. The minimum absolute atomic E-state index is 0.678. The number of ether oxygens (including phenoxy) is 1. The molecule has 0 aliphatic heterocycles. The fourth-order valence-corrected chi connectivity index (χ4v) is 3.04. The molecule has 5 heteroatoms. The Hall–Kier alpha value is -3.08. The second-order valence-corrected chi connectivity index (χ2v) is 6.76. The standard InChI is InChI=1S/C23H28N4O/c1-18-16-22(24-15-13-20-10-6-12-21(17-20)28-2)27-23(26-18)25-14-7-11-19-8-4-3-5-9-19/h3-6,8-10,12,16-17H,7,11,13-15H2,1-2H3,(H2,24,25,26,27). The summed E-state index contributed by atoms with van der Waals surface area (Å²) in [6.07, 6.45) is 2.99. The number of anilines is 2. The van der Waals surface area contributed by atoms with E-state index in [0.717, 1.165) is 49.6 Å². The summed E-state index contributed by atoms with van der Waals surface area (Å²) in [6, 6.07) is 20.6. The van der Waals surface area contributed by atoms with Crippen LogP contribution in [0.2, 0.25) is 0 Å². The number of nitrogens with one attached hydrogen (secondary N) is 2. The monoisotopic (exact) mass is 376 g/mol. The van der Waals surface area contributed by atoms with Gasteiger partial charge in [-0.1, -0.05) is 42.5 Å². The average Bonchev–Trinajstić information content (AvgIpc) is 2.72. The van der Waals surface area contributed by atoms with Crippen molar-refractivity contribution >= 4 is 11.8 Å². The summed E-state index contributed by atoms with van der Waals surface area (Å²) < 4.78 is 5.28. The molecule has 0 bridgehead atoms. The van der Waals surface area contributed by atoms with E-state index in [4.69, 9.17) is 4.74 Å². The molecular weight excluding hydrogens is 348 g/mol. The Kier molecular flexibility index (Phi) is 7.24. The van der Waals surface area contributed by atoms with Gasteiger partial charge in [0.15, 0.2) is 0 Å². The average molecular weight is 377 g/mol. The highest BCUT2D eigenvalue weighted by Crippen LogP contribution is 2.14. The maximum atomic E-state index is 5.28. The third-order valence-electron chi connectivity index (χ3n) is 4.48. The van der Waals surface area contributed by atoms with Crippen molar-refractivity contribution in [3.8, 4) is 5.75 Å². The van der Waals surface area contributed by atoms with Crippen LogP contribution in [-0.4, -0.2) is 30.2 Å². The van der Waals surface area contributed by atoms with E-state index >= 15 is 0 Å². The normalized spacial score (nSPS) is 10.5. The van der Waals surface area contributed by atoms with E-state index in [-0.39, 0.29) is 0 Å². The van der Waals surface area contributed by atoms with E-state index in [1.165, 1.54) is 11.1 Å². The Labute approximate surface area is 167 Å². The molecule has 1 aromatic heterocycles. The summed E-state index contributed by atoms with van der Waals surface area (Å²) in [6.45, 7) is 3.64. The van der Waals surface area contributed by atoms with Gasteiger partial charge in [-0.15, -0.1) is 0 Å². The molecule has 0 unspecified atom stereocenters. The Balaban J connectivity index is 1.47. The van der Waals surface area contributed by atoms with E-state index in [1.807, 2.05) is 31.2 Å². The van der Waals surface area contributed by atoms with Crippen LogP contribution in [0.1, 0.15) is 23.2 Å². The molecule has 0 amide bonds. The molecule has 0 aliphatic rings. The van der Waals surface area contributed by atoms with Crippen LogP contribution >= 0.6 is 0 Å². The summed E-state index contributed by atoms with van der Waals surface area (Å²) in [5.41, 5.74) is 3.54. The predicted molar refractivity (Wildman–Crippen MR) is 115 cm³/mol. The van der Waals surface area contributed by atoms with Gasteiger partial charge in [0, 0.05) is 24.8 Å². The molecule has 0 saturated heterocycles. The number of aryl methyl sites for hydroxylation is 2. The van der Waals surface area contributed by atoms with Gasteiger partial charge in [0.2, 0.25) is 5.95 Å². The number of hydrogen-bond acceptors (Lipinski definition) is 5. The first-order valence-electron chi connectivity index (χ1n) is 9.73. The lowest BCUT2D eigenvalue weighted by atomic mass is 10.1. The van der Waals surface area contributed by atoms with Crippen LogP contribution in [0.3, 0.4) is 0 Å². The fraction of sp³-hybridized carbons (Fsp3) is 0.304. The molecule has 0 radical (unpaired) electrons. The topological polar surface area (TPSA) is 59.1 Å². The van der Waals surface area contributed by atoms with Gasteiger partial charge in [0.25, 0.3) is 0 Å². The highest BCUT2D eigenvalue weighted by molar-refractivity contribution is 5.42. The van der Waals surface area contributed by atoms with Crippen molar-refractivity contribution in [3.05, 3.63) is 77.5 Å². The van der Waals surface area contributed by atoms with E-state index < -0.39 is 0 Å². The lowest BCUT2D eigenvalue weighted by Crippen LogP contribution is -2.11. The third kappa shape index (κ3) is 6.27. The van der Waals surface area contributed by atoms with Gasteiger partial charge in [0.1, 0.15) is 11.6 Å². The number of benzene rings is 2. The summed E-state index contributed by atoms with van der Waals surface area (Å²) in [4.78, 5) is 9.07. The third-order valence-corrected chi connectivity index (χ3v) is 4.48. The molecule has 28 heavy (non-hydrogen) atoms. The number of rotatable bonds is 10. The first-order chi connectivity index (χ1) is 13.7. The van der Waals surface area contributed by atoms with Crippen LogP contribution in [0.5, 0.6) is 5.75 Å². The number of aromatic nitrogens is 2. The zero-order chi connectivity index (χ0) is 19.6. The molecule has 2 aromatic carbocycles. The van der Waals surface area contributed by atoms with Gasteiger partial charge in [-0.2, -0.15) is 4.98 Å². The molecule has 0 spiro atoms. The molecule has 3 aromatic rings. The van der Waals surface area contributed by atoms with Gasteiger partial charge < -0.3 is 15.4 Å². The van der Waals surface area contributed by atoms with Crippen LogP contribution in [0.4, 0.5) is 11.8 Å². The minimum atomic E-state index is 0.678. The highest BCUT2D eigenvalue weighted by atomic mass is 16.5. The smallest absolute Gasteiger partial charge is 0.224 e. The van der Waals surface area contributed by atoms with E-state index in [2.05, 4.69) is 57.0 Å². The Morgan fingerprint density at radius 2 is 1.64 bits per heavy atom. The quantitative estimate of drug-likeness (QED) is 0.511. The molecule has 0 atom stereocenters. The zero-order valence-electron chi connectivity index (χ0n) is 16.6. The maximum Gasteiger partial charge on any atom is 0.224 e. The molecular formula is C23H28N4O. The van der Waals surface area contributed by atoms with Crippen molar-refractivity contribution in [1.29, 1.82) is 0 Å². The van der Waals surface area contributed by atoms with Crippen molar-refractivity contribution in [1.82, 2.24) is 9.97 Å². The molecule has 0 fully saturated rings. The van der Waals surface area contributed by atoms with Crippen molar-refractivity contribution in [3.63, 3.8) is 0 Å². The van der Waals surface area contributed by atoms with E-state index in [1.54, 1.807) is 7.11 Å². The summed E-state index contributed by atoms with van der Waals surface area (Å²) in [5, 5.41) is 6.74. The molecule has 3 rings (SSSR count). The SMILES string of the molecule is COc1cccc(CCNc2cc(C)nc(NCCCc3ccccc3)n2)c1. The van der Waals surface area contributed by atoms with Gasteiger partial charge in [-0.05, 0) is 49.4 Å². The molecule has 146 valence electrons. The van der Waals surface area contributed by atoms with Crippen molar-refractivity contribution < 1.29 is 4.74 Å². The Morgan fingerprint density at radius 1 is 0.821 bits per heavy atom. The van der Waals surface area contributed by atoms with Gasteiger partial charge in [0.05, 0.1) is 7.11 Å².